The number of hydrogen-bond acceptors (Lipinski definition) is 6. The van der Waals surface area contributed by atoms with Crippen LogP contribution in [0.15, 0.2) is 61.2 Å². The number of aromatic nitrogens is 6. The number of H-pyrrole nitrogens is 2. The zero-order valence-electron chi connectivity index (χ0n) is 20.0. The molecule has 0 saturated heterocycles. The van der Waals surface area contributed by atoms with Crippen molar-refractivity contribution in [1.82, 2.24) is 30.1 Å². The zero-order valence-corrected chi connectivity index (χ0v) is 20.9. The van der Waals surface area contributed by atoms with Crippen molar-refractivity contribution in [2.24, 2.45) is 5.92 Å². The molecule has 0 aliphatic rings. The summed E-state index contributed by atoms with van der Waals surface area (Å²) in [6.45, 7) is 4.01. The fourth-order valence-corrected chi connectivity index (χ4v) is 5.08. The molecular weight excluding hydrogens is 489 g/mol. The maximum absolute atomic E-state index is 13.7. The van der Waals surface area contributed by atoms with Crippen LogP contribution in [0.2, 0.25) is 0 Å². The van der Waals surface area contributed by atoms with E-state index in [4.69, 9.17) is 0 Å². The Morgan fingerprint density at radius 2 is 1.92 bits per heavy atom. The Labute approximate surface area is 215 Å². The number of nitrogens with zero attached hydrogens (tertiary/aromatic N) is 4. The molecule has 0 aliphatic carbocycles. The maximum Gasteiger partial charge on any atom is 0.224 e. The lowest BCUT2D eigenvalue weighted by Crippen LogP contribution is -2.13. The number of anilines is 1. The van der Waals surface area contributed by atoms with Crippen LogP contribution >= 0.6 is 11.3 Å². The maximum atomic E-state index is 13.7. The van der Waals surface area contributed by atoms with Gasteiger partial charge in [0.25, 0.3) is 0 Å². The minimum Gasteiger partial charge on any atom is -0.353 e. The number of rotatable bonds is 6. The molecule has 0 spiro atoms. The fourth-order valence-electron chi connectivity index (χ4n) is 4.34. The van der Waals surface area contributed by atoms with E-state index >= 15 is 0 Å². The van der Waals surface area contributed by atoms with E-state index in [9.17, 15) is 9.18 Å². The van der Waals surface area contributed by atoms with Crippen LogP contribution in [0.3, 0.4) is 0 Å². The Balaban J connectivity index is 1.38. The van der Waals surface area contributed by atoms with E-state index in [0.717, 1.165) is 60.7 Å². The number of aromatic amines is 2. The van der Waals surface area contributed by atoms with Crippen LogP contribution in [0.5, 0.6) is 0 Å². The minimum absolute atomic E-state index is 0.0439. The van der Waals surface area contributed by atoms with Crippen molar-refractivity contribution in [2.45, 2.75) is 20.3 Å². The molecule has 6 aromatic heterocycles. The predicted octanol–water partition coefficient (Wildman–Crippen LogP) is 6.42. The Kier molecular flexibility index (Phi) is 5.72. The highest BCUT2D eigenvalue weighted by Crippen LogP contribution is 2.35. The molecule has 0 saturated carbocycles. The van der Waals surface area contributed by atoms with Crippen LogP contribution in [0, 0.1) is 11.0 Å². The summed E-state index contributed by atoms with van der Waals surface area (Å²) in [4.78, 5) is 29.7. The van der Waals surface area contributed by atoms with Crippen LogP contribution in [0.25, 0.3) is 55.0 Å². The van der Waals surface area contributed by atoms with Gasteiger partial charge in [-0.15, -0.1) is 11.3 Å². The van der Waals surface area contributed by atoms with Crippen LogP contribution in [0.1, 0.15) is 20.3 Å². The lowest BCUT2D eigenvalue weighted by atomic mass is 10.1. The third kappa shape index (κ3) is 4.47. The monoisotopic (exact) mass is 511 g/mol. The number of thiophene rings is 1. The number of hydrogen-bond donors (Lipinski definition) is 3. The van der Waals surface area contributed by atoms with Gasteiger partial charge >= 0.3 is 0 Å². The summed E-state index contributed by atoms with van der Waals surface area (Å²) in [5, 5.41) is 11.9. The average molecular weight is 512 g/mol. The van der Waals surface area contributed by atoms with Crippen molar-refractivity contribution >= 4 is 44.9 Å². The number of halogens is 1. The number of fused-ring (bicyclic) bond motifs is 2. The first-order valence-corrected chi connectivity index (χ1v) is 12.6. The first-order chi connectivity index (χ1) is 17.9. The lowest BCUT2D eigenvalue weighted by Gasteiger charge is -2.08. The number of pyridine rings is 3. The van der Waals surface area contributed by atoms with Crippen molar-refractivity contribution in [2.75, 3.05) is 5.32 Å². The summed E-state index contributed by atoms with van der Waals surface area (Å²) in [6, 6.07) is 10.9. The van der Waals surface area contributed by atoms with Gasteiger partial charge in [-0.3, -0.25) is 19.9 Å². The van der Waals surface area contributed by atoms with Gasteiger partial charge in [0.1, 0.15) is 0 Å². The van der Waals surface area contributed by atoms with Gasteiger partial charge < -0.3 is 10.3 Å². The van der Waals surface area contributed by atoms with Crippen molar-refractivity contribution in [3.63, 3.8) is 0 Å². The van der Waals surface area contributed by atoms with E-state index in [2.05, 4.69) is 35.5 Å². The molecule has 1 amide bonds. The van der Waals surface area contributed by atoms with Gasteiger partial charge in [0.05, 0.1) is 33.8 Å². The van der Waals surface area contributed by atoms with Gasteiger partial charge in [-0.2, -0.15) is 9.49 Å². The van der Waals surface area contributed by atoms with E-state index < -0.39 is 0 Å². The summed E-state index contributed by atoms with van der Waals surface area (Å²) >= 11 is 1.07. The summed E-state index contributed by atoms with van der Waals surface area (Å²) in [5.74, 6) is 0.225. The van der Waals surface area contributed by atoms with E-state index in [0.29, 0.717) is 17.8 Å². The Bertz CT molecular complexity index is 1770. The Hall–Kier alpha value is -4.44. The molecule has 8 nitrogen and oxygen atoms in total. The normalized spacial score (nSPS) is 11.6. The van der Waals surface area contributed by atoms with Gasteiger partial charge in [-0.05, 0) is 42.3 Å². The summed E-state index contributed by atoms with van der Waals surface area (Å²) < 4.78 is 13.7. The number of carbonyl (C=O) groups is 1. The molecule has 0 unspecified atom stereocenters. The van der Waals surface area contributed by atoms with Gasteiger partial charge in [0, 0.05) is 52.4 Å². The molecule has 0 radical (unpaired) electrons. The average Bonchev–Trinajstić information content (AvgIpc) is 3.60. The zero-order chi connectivity index (χ0) is 25.5. The second-order valence-corrected chi connectivity index (χ2v) is 10.2. The topological polar surface area (TPSA) is 112 Å². The van der Waals surface area contributed by atoms with Crippen LogP contribution in [-0.2, 0) is 4.79 Å². The number of amides is 1. The first kappa shape index (κ1) is 23.0. The third-order valence-corrected chi connectivity index (χ3v) is 6.86. The van der Waals surface area contributed by atoms with Crippen LogP contribution in [-0.4, -0.2) is 36.0 Å². The van der Waals surface area contributed by atoms with E-state index in [1.807, 2.05) is 38.1 Å². The molecule has 0 bridgehead atoms. The van der Waals surface area contributed by atoms with E-state index in [-0.39, 0.29) is 17.0 Å². The van der Waals surface area contributed by atoms with Crippen molar-refractivity contribution < 1.29 is 9.18 Å². The number of carbonyl (C=O) groups excluding carboxylic acids is 1. The lowest BCUT2D eigenvalue weighted by molar-refractivity contribution is -0.116. The fraction of sp³-hybridized carbons (Fsp3) is 0.148. The Morgan fingerprint density at radius 3 is 2.73 bits per heavy atom. The molecule has 0 aromatic carbocycles. The second kappa shape index (κ2) is 9.21. The second-order valence-electron chi connectivity index (χ2n) is 9.21. The first-order valence-electron chi connectivity index (χ1n) is 11.8. The van der Waals surface area contributed by atoms with Gasteiger partial charge in [-0.1, -0.05) is 13.8 Å². The highest BCUT2D eigenvalue weighted by atomic mass is 32.1. The SMILES string of the molecule is CC(C)CC(=O)Nc1cncc(-c2cnc3n[nH]c(-c4cc5c(-c6ccc(F)s6)nccc5[nH]4)c3c2)c1. The van der Waals surface area contributed by atoms with Crippen molar-refractivity contribution in [3.05, 3.63) is 66.3 Å². The smallest absolute Gasteiger partial charge is 0.224 e. The van der Waals surface area contributed by atoms with Crippen LogP contribution in [0.4, 0.5) is 10.1 Å². The predicted molar refractivity (Wildman–Crippen MR) is 144 cm³/mol. The third-order valence-electron chi connectivity index (χ3n) is 5.98. The highest BCUT2D eigenvalue weighted by molar-refractivity contribution is 7.13. The van der Waals surface area contributed by atoms with Crippen molar-refractivity contribution in [3.8, 4) is 33.1 Å². The molecule has 10 heteroatoms. The molecule has 184 valence electrons. The van der Waals surface area contributed by atoms with Crippen LogP contribution < -0.4 is 5.32 Å². The molecular formula is C27H22FN7OS. The highest BCUT2D eigenvalue weighted by Gasteiger charge is 2.16. The molecule has 6 rings (SSSR count). The minimum atomic E-state index is -0.249. The Morgan fingerprint density at radius 1 is 1.05 bits per heavy atom. The summed E-state index contributed by atoms with van der Waals surface area (Å²) in [6.07, 6.45) is 7.26. The van der Waals surface area contributed by atoms with Gasteiger partial charge in [-0.25, -0.2) is 4.98 Å². The number of nitrogens with one attached hydrogen (secondary N) is 3. The standard InChI is InChI=1S/C27H22FN7OS/c1-14(2)7-24(36)32-17-8-15(11-29-13-17)16-9-19-25(34-35-27(19)31-12-16)21-10-18-20(33-21)5-6-30-26(18)22-3-4-23(28)37-22/h3-6,8-14,33H,7H2,1-2H3,(H,32,36)(H,31,34,35). The molecule has 0 fully saturated rings. The molecule has 6 heterocycles. The largest absolute Gasteiger partial charge is 0.353 e. The molecule has 3 N–H and O–H groups in total. The quantitative estimate of drug-likeness (QED) is 0.239. The molecule has 37 heavy (non-hydrogen) atoms. The van der Waals surface area contributed by atoms with Gasteiger partial charge in [0.15, 0.2) is 10.8 Å². The summed E-state index contributed by atoms with van der Waals surface area (Å²) in [7, 11) is 0. The molecule has 0 atom stereocenters. The van der Waals surface area contributed by atoms with Crippen molar-refractivity contribution in [1.29, 1.82) is 0 Å². The molecule has 0 aliphatic heterocycles. The van der Waals surface area contributed by atoms with Gasteiger partial charge in [0.2, 0.25) is 5.91 Å². The van der Waals surface area contributed by atoms with E-state index in [1.54, 1.807) is 30.9 Å². The molecule has 6 aromatic rings. The van der Waals surface area contributed by atoms with E-state index in [1.165, 1.54) is 6.07 Å². The summed E-state index contributed by atoms with van der Waals surface area (Å²) in [5.41, 5.74) is 6.08.